The Kier molecular flexibility index (Phi) is 6.15. The predicted octanol–water partition coefficient (Wildman–Crippen LogP) is 3.02. The van der Waals surface area contributed by atoms with Crippen LogP contribution < -0.4 is 0 Å². The van der Waals surface area contributed by atoms with Gasteiger partial charge in [0, 0.05) is 23.3 Å². The fourth-order valence-electron chi connectivity index (χ4n) is 3.31. The van der Waals surface area contributed by atoms with Gasteiger partial charge in [0.25, 0.3) is 22.7 Å². The molecular formula is C18H13N5O11. The lowest BCUT2D eigenvalue weighted by Gasteiger charge is -2.07. The molecule has 176 valence electrons. The molecule has 0 atom stereocenters. The number of benzene rings is 2. The zero-order chi connectivity index (χ0) is 25.3. The first-order chi connectivity index (χ1) is 15.9. The summed E-state index contributed by atoms with van der Waals surface area (Å²) in [6.07, 6.45) is -0.479. The van der Waals surface area contributed by atoms with Gasteiger partial charge < -0.3 is 9.57 Å². The van der Waals surface area contributed by atoms with Gasteiger partial charge in [-0.05, 0) is 13.8 Å². The third kappa shape index (κ3) is 4.31. The minimum absolute atomic E-state index is 0.309. The molecule has 0 saturated heterocycles. The van der Waals surface area contributed by atoms with E-state index in [0.29, 0.717) is 12.1 Å². The average molecular weight is 475 g/mol. The van der Waals surface area contributed by atoms with Gasteiger partial charge >= 0.3 is 5.97 Å². The van der Waals surface area contributed by atoms with Crippen LogP contribution in [0, 0.1) is 40.5 Å². The third-order valence-corrected chi connectivity index (χ3v) is 4.49. The maximum Gasteiger partial charge on any atom is 0.347 e. The van der Waals surface area contributed by atoms with Crippen LogP contribution in [-0.2, 0) is 14.4 Å². The van der Waals surface area contributed by atoms with Crippen molar-refractivity contribution in [3.8, 4) is 11.1 Å². The molecule has 0 aliphatic heterocycles. The molecule has 1 aliphatic rings. The zero-order valence-electron chi connectivity index (χ0n) is 17.3. The molecule has 0 heterocycles. The monoisotopic (exact) mass is 475 g/mol. The average Bonchev–Trinajstić information content (AvgIpc) is 3.05. The van der Waals surface area contributed by atoms with Crippen LogP contribution in [0.5, 0.6) is 0 Å². The van der Waals surface area contributed by atoms with Crippen molar-refractivity contribution >= 4 is 34.4 Å². The summed E-state index contributed by atoms with van der Waals surface area (Å²) in [7, 11) is 0. The van der Waals surface area contributed by atoms with Gasteiger partial charge in [0.15, 0.2) is 0 Å². The summed E-state index contributed by atoms with van der Waals surface area (Å²) in [5.41, 5.74) is -5.00. The van der Waals surface area contributed by atoms with Crippen molar-refractivity contribution in [2.24, 2.45) is 5.16 Å². The van der Waals surface area contributed by atoms with Gasteiger partial charge in [-0.25, -0.2) is 4.79 Å². The topological polar surface area (TPSA) is 220 Å². The molecule has 0 N–H and O–H groups in total. The lowest BCUT2D eigenvalue weighted by molar-refractivity contribution is -0.395. The molecule has 0 radical (unpaired) electrons. The summed E-state index contributed by atoms with van der Waals surface area (Å²) in [4.78, 5) is 58.9. The minimum Gasteiger partial charge on any atom is -0.460 e. The lowest BCUT2D eigenvalue weighted by Crippen LogP contribution is -2.16. The molecule has 0 fully saturated rings. The number of fused-ring (bicyclic) bond motifs is 3. The van der Waals surface area contributed by atoms with Crippen LogP contribution >= 0.6 is 0 Å². The number of oxime groups is 1. The zero-order valence-corrected chi connectivity index (χ0v) is 17.3. The van der Waals surface area contributed by atoms with Crippen LogP contribution in [0.15, 0.2) is 29.4 Å². The van der Waals surface area contributed by atoms with Gasteiger partial charge in [-0.3, -0.25) is 40.5 Å². The van der Waals surface area contributed by atoms with Crippen LogP contribution in [0.4, 0.5) is 22.7 Å². The Hall–Kier alpha value is -5.02. The number of ether oxygens (including phenoxy) is 1. The van der Waals surface area contributed by atoms with Crippen molar-refractivity contribution in [2.45, 2.75) is 20.0 Å². The van der Waals surface area contributed by atoms with E-state index in [2.05, 4.69) is 5.16 Å². The van der Waals surface area contributed by atoms with Crippen molar-refractivity contribution < 1.29 is 34.1 Å². The summed E-state index contributed by atoms with van der Waals surface area (Å²) in [6.45, 7) is 2.41. The molecule has 34 heavy (non-hydrogen) atoms. The largest absolute Gasteiger partial charge is 0.460 e. The quantitative estimate of drug-likeness (QED) is 0.261. The van der Waals surface area contributed by atoms with Gasteiger partial charge in [-0.2, -0.15) is 0 Å². The van der Waals surface area contributed by atoms with E-state index in [9.17, 15) is 45.3 Å². The highest BCUT2D eigenvalue weighted by Gasteiger charge is 2.41. The van der Waals surface area contributed by atoms with Gasteiger partial charge in [-0.1, -0.05) is 5.16 Å². The second kappa shape index (κ2) is 8.85. The Bertz CT molecular complexity index is 1220. The molecule has 16 heteroatoms. The van der Waals surface area contributed by atoms with Crippen molar-refractivity contribution in [2.75, 3.05) is 6.61 Å². The Balaban J connectivity index is 2.32. The fourth-order valence-corrected chi connectivity index (χ4v) is 3.31. The highest BCUT2D eigenvalue weighted by molar-refractivity contribution is 6.27. The molecule has 16 nitrogen and oxygen atoms in total. The first kappa shape index (κ1) is 23.6. The molecule has 0 amide bonds. The van der Waals surface area contributed by atoms with E-state index >= 15 is 0 Å². The van der Waals surface area contributed by atoms with Crippen LogP contribution in [0.25, 0.3) is 11.1 Å². The van der Waals surface area contributed by atoms with Crippen LogP contribution in [0.2, 0.25) is 0 Å². The number of rotatable bonds is 8. The molecule has 1 aliphatic carbocycles. The number of nitro benzene ring substituents is 4. The van der Waals surface area contributed by atoms with E-state index in [0.717, 1.165) is 12.1 Å². The number of hydrogen-bond donors (Lipinski definition) is 0. The molecule has 3 rings (SSSR count). The van der Waals surface area contributed by atoms with E-state index in [1.807, 2.05) is 0 Å². The molecule has 0 aromatic heterocycles. The summed E-state index contributed by atoms with van der Waals surface area (Å²) < 4.78 is 4.87. The smallest absolute Gasteiger partial charge is 0.347 e. The van der Waals surface area contributed by atoms with Gasteiger partial charge in [-0.15, -0.1) is 0 Å². The SMILES string of the molecule is CC(C)OC(=O)CON=C1c2cc([N+](=O)[O-])cc([N+](=O)[O-])c2-c2c1cc([N+](=O)[O-])cc2[N+](=O)[O-]. The van der Waals surface area contributed by atoms with Gasteiger partial charge in [0.05, 0.1) is 49.1 Å². The van der Waals surface area contributed by atoms with E-state index in [1.54, 1.807) is 13.8 Å². The second-order valence-corrected chi connectivity index (χ2v) is 7.06. The molecule has 2 aromatic carbocycles. The van der Waals surface area contributed by atoms with Gasteiger partial charge in [0.2, 0.25) is 6.61 Å². The summed E-state index contributed by atoms with van der Waals surface area (Å²) in [5.74, 6) is -0.840. The summed E-state index contributed by atoms with van der Waals surface area (Å²) in [6, 6.07) is 2.95. The molecule has 0 spiro atoms. The molecule has 0 saturated carbocycles. The Morgan fingerprint density at radius 2 is 1.26 bits per heavy atom. The second-order valence-electron chi connectivity index (χ2n) is 7.06. The van der Waals surface area contributed by atoms with Crippen LogP contribution in [-0.4, -0.2) is 44.1 Å². The molecule has 0 unspecified atom stereocenters. The molecule has 0 bridgehead atoms. The van der Waals surface area contributed by atoms with E-state index < -0.39 is 78.0 Å². The number of nitrogens with zero attached hydrogens (tertiary/aromatic N) is 5. The highest BCUT2D eigenvalue weighted by atomic mass is 16.7. The summed E-state index contributed by atoms with van der Waals surface area (Å²) >= 11 is 0. The number of carbonyl (C=O) groups is 1. The number of esters is 1. The van der Waals surface area contributed by atoms with Crippen LogP contribution in [0.1, 0.15) is 25.0 Å². The Morgan fingerprint density at radius 1 is 0.824 bits per heavy atom. The maximum absolute atomic E-state index is 11.7. The number of non-ortho nitro benzene ring substituents is 2. The Labute approximate surface area is 188 Å². The number of carbonyl (C=O) groups excluding carboxylic acids is 1. The van der Waals surface area contributed by atoms with Crippen molar-refractivity contribution in [1.82, 2.24) is 0 Å². The molecule has 2 aromatic rings. The fraction of sp³-hybridized carbons (Fsp3) is 0.222. The standard InChI is InChI=1S/C18H13N5O11/c1-8(2)34-15(24)7-33-19-18-11-3-9(20(25)26)5-13(22(29)30)16(11)17-12(18)4-10(21(27)28)6-14(17)23(31)32/h3-6,8H,7H2,1-2H3. The van der Waals surface area contributed by atoms with E-state index in [4.69, 9.17) is 9.57 Å². The highest BCUT2D eigenvalue weighted by Crippen LogP contribution is 2.50. The van der Waals surface area contributed by atoms with Crippen molar-refractivity contribution in [3.05, 3.63) is 75.8 Å². The maximum atomic E-state index is 11.7. The van der Waals surface area contributed by atoms with Gasteiger partial charge in [0.1, 0.15) is 5.71 Å². The molecular weight excluding hydrogens is 462 g/mol. The predicted molar refractivity (Wildman–Crippen MR) is 111 cm³/mol. The number of hydrogen-bond acceptors (Lipinski definition) is 12. The first-order valence-electron chi connectivity index (χ1n) is 9.26. The number of nitro groups is 4. The van der Waals surface area contributed by atoms with E-state index in [-0.39, 0.29) is 11.1 Å². The summed E-state index contributed by atoms with van der Waals surface area (Å²) in [5, 5.41) is 49.7. The minimum atomic E-state index is -0.982. The third-order valence-electron chi connectivity index (χ3n) is 4.49. The first-order valence-corrected chi connectivity index (χ1v) is 9.26. The van der Waals surface area contributed by atoms with Crippen molar-refractivity contribution in [1.29, 1.82) is 0 Å². The normalized spacial score (nSPS) is 11.4. The lowest BCUT2D eigenvalue weighted by atomic mass is 10.0. The Morgan fingerprint density at radius 3 is 1.62 bits per heavy atom. The van der Waals surface area contributed by atoms with E-state index in [1.165, 1.54) is 0 Å². The van der Waals surface area contributed by atoms with Crippen molar-refractivity contribution in [3.63, 3.8) is 0 Å². The van der Waals surface area contributed by atoms with Crippen LogP contribution in [0.3, 0.4) is 0 Å².